The fourth-order valence-electron chi connectivity index (χ4n) is 1.49. The average Bonchev–Trinajstić information content (AvgIpc) is 2.37. The van der Waals surface area contributed by atoms with Crippen molar-refractivity contribution in [3.8, 4) is 23.3 Å². The van der Waals surface area contributed by atoms with Crippen LogP contribution in [-0.2, 0) is 0 Å². The topological polar surface area (TPSA) is 63.5 Å². The molecule has 0 saturated carbocycles. The summed E-state index contributed by atoms with van der Waals surface area (Å²) in [7, 11) is 4.68. The van der Waals surface area contributed by atoms with Crippen molar-refractivity contribution in [2.75, 3.05) is 26.6 Å². The second kappa shape index (κ2) is 5.50. The van der Waals surface area contributed by atoms with Gasteiger partial charge in [0, 0.05) is 12.1 Å². The summed E-state index contributed by atoms with van der Waals surface area (Å²) in [6.07, 6.45) is 0. The average molecular weight is 250 g/mol. The predicted molar refractivity (Wildman–Crippen MR) is 69.4 cm³/mol. The van der Waals surface area contributed by atoms with Gasteiger partial charge in [0.05, 0.1) is 33.1 Å². The molecule has 0 unspecified atom stereocenters. The van der Waals surface area contributed by atoms with Crippen LogP contribution in [0.5, 0.6) is 17.2 Å². The van der Waals surface area contributed by atoms with Gasteiger partial charge in [0.1, 0.15) is 11.3 Å². The Balaban J connectivity index is 3.22. The molecule has 0 atom stereocenters. The van der Waals surface area contributed by atoms with E-state index in [1.54, 1.807) is 47.3 Å². The van der Waals surface area contributed by atoms with Gasteiger partial charge in [0.25, 0.3) is 0 Å². The van der Waals surface area contributed by atoms with E-state index in [0.29, 0.717) is 22.9 Å². The molecule has 0 aliphatic heterocycles. The summed E-state index contributed by atoms with van der Waals surface area (Å²) in [5, 5.41) is 12.1. The zero-order valence-corrected chi connectivity index (χ0v) is 11.3. The number of nitrogens with zero attached hydrogens (tertiary/aromatic N) is 1. The number of hydrogen-bond acceptors (Lipinski definition) is 5. The highest BCUT2D eigenvalue weighted by Gasteiger charge is 2.20. The van der Waals surface area contributed by atoms with Crippen LogP contribution in [0.25, 0.3) is 0 Å². The summed E-state index contributed by atoms with van der Waals surface area (Å²) in [6.45, 7) is 3.56. The standard InChI is InChI=1S/C13H18N2O3/c1-13(2,8-14)15-9-6-11(17-4)12(18-5)7-10(9)16-3/h6-7,15H,1-5H3. The van der Waals surface area contributed by atoms with E-state index in [-0.39, 0.29) is 0 Å². The summed E-state index contributed by atoms with van der Waals surface area (Å²) in [4.78, 5) is 0. The molecular weight excluding hydrogens is 232 g/mol. The molecule has 0 fully saturated rings. The first kappa shape index (κ1) is 14.0. The van der Waals surface area contributed by atoms with Crippen LogP contribution < -0.4 is 19.5 Å². The fraction of sp³-hybridized carbons (Fsp3) is 0.462. The zero-order chi connectivity index (χ0) is 13.8. The van der Waals surface area contributed by atoms with E-state index in [1.165, 1.54) is 0 Å². The number of nitrogens with one attached hydrogen (secondary N) is 1. The van der Waals surface area contributed by atoms with Crippen molar-refractivity contribution in [2.45, 2.75) is 19.4 Å². The van der Waals surface area contributed by atoms with Crippen LogP contribution in [0.1, 0.15) is 13.8 Å². The van der Waals surface area contributed by atoms with Crippen LogP contribution >= 0.6 is 0 Å². The number of methoxy groups -OCH3 is 3. The largest absolute Gasteiger partial charge is 0.494 e. The van der Waals surface area contributed by atoms with Crippen LogP contribution in [0.4, 0.5) is 5.69 Å². The number of nitriles is 1. The van der Waals surface area contributed by atoms with Crippen LogP contribution in [0.15, 0.2) is 12.1 Å². The molecule has 5 nitrogen and oxygen atoms in total. The number of ether oxygens (including phenoxy) is 3. The van der Waals surface area contributed by atoms with E-state index in [1.807, 2.05) is 0 Å². The van der Waals surface area contributed by atoms with Crippen LogP contribution in [0.2, 0.25) is 0 Å². The maximum Gasteiger partial charge on any atom is 0.164 e. The Labute approximate surface area is 107 Å². The van der Waals surface area contributed by atoms with Crippen molar-refractivity contribution < 1.29 is 14.2 Å². The smallest absolute Gasteiger partial charge is 0.164 e. The molecule has 18 heavy (non-hydrogen) atoms. The monoisotopic (exact) mass is 250 g/mol. The predicted octanol–water partition coefficient (Wildman–Crippen LogP) is 2.43. The molecule has 98 valence electrons. The van der Waals surface area contributed by atoms with Gasteiger partial charge >= 0.3 is 0 Å². The highest BCUT2D eigenvalue weighted by Crippen LogP contribution is 2.38. The van der Waals surface area contributed by atoms with Gasteiger partial charge in [-0.25, -0.2) is 0 Å². The summed E-state index contributed by atoms with van der Waals surface area (Å²) in [5.41, 5.74) is -0.0194. The van der Waals surface area contributed by atoms with Gasteiger partial charge in [-0.15, -0.1) is 0 Å². The third-order valence-corrected chi connectivity index (χ3v) is 2.43. The minimum atomic E-state index is -0.702. The summed E-state index contributed by atoms with van der Waals surface area (Å²) >= 11 is 0. The molecule has 1 N–H and O–H groups in total. The quantitative estimate of drug-likeness (QED) is 0.869. The Morgan fingerprint density at radius 1 is 1.00 bits per heavy atom. The summed E-state index contributed by atoms with van der Waals surface area (Å²) in [5.74, 6) is 1.75. The molecule has 1 aromatic rings. The van der Waals surface area contributed by atoms with Gasteiger partial charge < -0.3 is 19.5 Å². The Morgan fingerprint density at radius 3 is 1.94 bits per heavy atom. The second-order valence-corrected chi connectivity index (χ2v) is 4.27. The summed E-state index contributed by atoms with van der Waals surface area (Å²) < 4.78 is 15.7. The molecule has 0 amide bonds. The van der Waals surface area contributed by atoms with E-state index >= 15 is 0 Å². The highest BCUT2D eigenvalue weighted by atomic mass is 16.5. The lowest BCUT2D eigenvalue weighted by Crippen LogP contribution is -2.28. The molecule has 0 spiro atoms. The maximum atomic E-state index is 9.04. The maximum absolute atomic E-state index is 9.04. The molecule has 0 heterocycles. The Bertz CT molecular complexity index is 464. The lowest BCUT2D eigenvalue weighted by Gasteiger charge is -2.22. The van der Waals surface area contributed by atoms with Crippen molar-refractivity contribution in [2.24, 2.45) is 0 Å². The first-order valence-corrected chi connectivity index (χ1v) is 5.47. The SMILES string of the molecule is COc1cc(OC)c(OC)cc1NC(C)(C)C#N. The molecule has 0 aliphatic carbocycles. The molecule has 0 saturated heterocycles. The molecule has 1 rings (SSSR count). The first-order chi connectivity index (χ1) is 8.47. The minimum Gasteiger partial charge on any atom is -0.494 e. The normalized spacial score (nSPS) is 10.4. The van der Waals surface area contributed by atoms with Crippen molar-refractivity contribution in [3.63, 3.8) is 0 Å². The lowest BCUT2D eigenvalue weighted by atomic mass is 10.1. The molecule has 0 aliphatic rings. The molecule has 0 bridgehead atoms. The van der Waals surface area contributed by atoms with E-state index in [9.17, 15) is 0 Å². The van der Waals surface area contributed by atoms with Crippen molar-refractivity contribution in [1.29, 1.82) is 5.26 Å². The van der Waals surface area contributed by atoms with Crippen LogP contribution in [0.3, 0.4) is 0 Å². The van der Waals surface area contributed by atoms with E-state index < -0.39 is 5.54 Å². The fourth-order valence-corrected chi connectivity index (χ4v) is 1.49. The van der Waals surface area contributed by atoms with Crippen molar-refractivity contribution in [1.82, 2.24) is 0 Å². The zero-order valence-electron chi connectivity index (χ0n) is 11.3. The molecule has 1 aromatic carbocycles. The number of rotatable bonds is 5. The molecule has 5 heteroatoms. The molecule has 0 aromatic heterocycles. The van der Waals surface area contributed by atoms with Gasteiger partial charge in [-0.2, -0.15) is 5.26 Å². The van der Waals surface area contributed by atoms with Gasteiger partial charge in [-0.1, -0.05) is 0 Å². The van der Waals surface area contributed by atoms with E-state index in [4.69, 9.17) is 19.5 Å². The van der Waals surface area contributed by atoms with Crippen LogP contribution in [-0.4, -0.2) is 26.9 Å². The minimum absolute atomic E-state index is 0.578. The van der Waals surface area contributed by atoms with Gasteiger partial charge in [-0.3, -0.25) is 0 Å². The Morgan fingerprint density at radius 2 is 1.50 bits per heavy atom. The van der Waals surface area contributed by atoms with E-state index in [2.05, 4.69) is 11.4 Å². The van der Waals surface area contributed by atoms with E-state index in [0.717, 1.165) is 0 Å². The summed E-state index contributed by atoms with van der Waals surface area (Å²) in [6, 6.07) is 5.63. The van der Waals surface area contributed by atoms with Gasteiger partial charge in [0.2, 0.25) is 0 Å². The third kappa shape index (κ3) is 2.98. The van der Waals surface area contributed by atoms with Crippen molar-refractivity contribution >= 4 is 5.69 Å². The Hall–Kier alpha value is -2.09. The Kier molecular flexibility index (Phi) is 4.27. The number of benzene rings is 1. The second-order valence-electron chi connectivity index (χ2n) is 4.27. The lowest BCUT2D eigenvalue weighted by molar-refractivity contribution is 0.349. The number of hydrogen-bond donors (Lipinski definition) is 1. The highest BCUT2D eigenvalue weighted by molar-refractivity contribution is 5.66. The first-order valence-electron chi connectivity index (χ1n) is 5.47. The molecule has 0 radical (unpaired) electrons. The van der Waals surface area contributed by atoms with Gasteiger partial charge in [0.15, 0.2) is 11.5 Å². The number of anilines is 1. The molecular formula is C13H18N2O3. The van der Waals surface area contributed by atoms with Gasteiger partial charge in [-0.05, 0) is 13.8 Å². The van der Waals surface area contributed by atoms with Crippen LogP contribution in [0, 0.1) is 11.3 Å². The van der Waals surface area contributed by atoms with Crippen molar-refractivity contribution in [3.05, 3.63) is 12.1 Å². The third-order valence-electron chi connectivity index (χ3n) is 2.43.